The third kappa shape index (κ3) is 2.63. The maximum Gasteiger partial charge on any atom is 0.324 e. The van der Waals surface area contributed by atoms with Crippen molar-refractivity contribution in [2.75, 3.05) is 0 Å². The van der Waals surface area contributed by atoms with Crippen LogP contribution in [0.25, 0.3) is 0 Å². The van der Waals surface area contributed by atoms with E-state index in [0.29, 0.717) is 5.69 Å². The van der Waals surface area contributed by atoms with Crippen molar-refractivity contribution in [2.24, 2.45) is 0 Å². The van der Waals surface area contributed by atoms with Gasteiger partial charge >= 0.3 is 6.03 Å². The fraction of sp³-hybridized carbons (Fsp3) is 0.250. The summed E-state index contributed by atoms with van der Waals surface area (Å²) >= 11 is 1.34. The fourth-order valence-electron chi connectivity index (χ4n) is 2.91. The molecule has 0 radical (unpaired) electrons. The summed E-state index contributed by atoms with van der Waals surface area (Å²) in [6, 6.07) is 10.1. The second-order valence-electron chi connectivity index (χ2n) is 5.61. The third-order valence-electron chi connectivity index (χ3n) is 4.10. The minimum Gasteiger partial charge on any atom is -0.331 e. The summed E-state index contributed by atoms with van der Waals surface area (Å²) in [5.74, 6) is -0.203. The topological polar surface area (TPSA) is 87.2 Å². The minimum atomic E-state index is -0.392. The molecule has 0 aliphatic carbocycles. The van der Waals surface area contributed by atoms with E-state index < -0.39 is 6.03 Å². The van der Waals surface area contributed by atoms with Gasteiger partial charge in [0.1, 0.15) is 5.25 Å². The van der Waals surface area contributed by atoms with Crippen LogP contribution in [0.15, 0.2) is 48.8 Å². The van der Waals surface area contributed by atoms with Gasteiger partial charge in [-0.2, -0.15) is 0 Å². The number of urea groups is 1. The number of amides is 3. The second kappa shape index (κ2) is 6.21. The smallest absolute Gasteiger partial charge is 0.324 e. The highest BCUT2D eigenvalue weighted by Gasteiger charge is 2.50. The number of carbonyl (C=O) groups is 2. The Morgan fingerprint density at radius 1 is 1.08 bits per heavy atom. The van der Waals surface area contributed by atoms with Crippen molar-refractivity contribution in [3.8, 4) is 0 Å². The quantitative estimate of drug-likeness (QED) is 0.817. The Bertz CT molecular complexity index is 758. The van der Waals surface area contributed by atoms with Crippen LogP contribution < -0.4 is 10.0 Å². The van der Waals surface area contributed by atoms with Crippen LogP contribution in [0.5, 0.6) is 0 Å². The van der Waals surface area contributed by atoms with Crippen LogP contribution in [-0.2, 0) is 11.3 Å². The number of nitrogens with one attached hydrogen (secondary N) is 2. The van der Waals surface area contributed by atoms with Gasteiger partial charge in [0.05, 0.1) is 30.0 Å². The van der Waals surface area contributed by atoms with E-state index in [1.807, 2.05) is 24.3 Å². The summed E-state index contributed by atoms with van der Waals surface area (Å²) in [4.78, 5) is 34.9. The molecule has 2 aliphatic rings. The molecule has 0 saturated carbocycles. The maximum atomic E-state index is 12.8. The molecule has 4 rings (SSSR count). The lowest BCUT2D eigenvalue weighted by atomic mass is 9.99. The van der Waals surface area contributed by atoms with Gasteiger partial charge in [0.25, 0.3) is 0 Å². The lowest BCUT2D eigenvalue weighted by Gasteiger charge is -2.34. The van der Waals surface area contributed by atoms with Crippen molar-refractivity contribution < 1.29 is 9.59 Å². The molecule has 0 spiro atoms. The van der Waals surface area contributed by atoms with Gasteiger partial charge in [0.2, 0.25) is 5.91 Å². The molecule has 122 valence electrons. The molecule has 3 amide bonds. The molecule has 7 nitrogen and oxygen atoms in total. The predicted molar refractivity (Wildman–Crippen MR) is 88.6 cm³/mol. The number of fused-ring (bicyclic) bond motifs is 1. The Hall–Kier alpha value is -2.45. The first-order valence-corrected chi connectivity index (χ1v) is 8.46. The van der Waals surface area contributed by atoms with Crippen molar-refractivity contribution in [1.82, 2.24) is 24.9 Å². The van der Waals surface area contributed by atoms with Crippen LogP contribution in [-0.4, -0.2) is 38.1 Å². The first-order valence-electron chi connectivity index (χ1n) is 7.58. The molecule has 2 fully saturated rings. The maximum absolute atomic E-state index is 12.8. The van der Waals surface area contributed by atoms with Crippen LogP contribution in [0.2, 0.25) is 0 Å². The van der Waals surface area contributed by atoms with Gasteiger partial charge in [-0.3, -0.25) is 24.4 Å². The van der Waals surface area contributed by atoms with Crippen molar-refractivity contribution in [2.45, 2.75) is 23.9 Å². The fourth-order valence-corrected chi connectivity index (χ4v) is 4.07. The molecular weight excluding hydrogens is 326 g/mol. The number of hydrogen-bond donors (Lipinski definition) is 2. The number of rotatable bonds is 3. The molecule has 3 unspecified atom stereocenters. The Kier molecular flexibility index (Phi) is 3.91. The van der Waals surface area contributed by atoms with Crippen molar-refractivity contribution in [3.63, 3.8) is 0 Å². The van der Waals surface area contributed by atoms with Gasteiger partial charge in [0, 0.05) is 12.4 Å². The zero-order valence-corrected chi connectivity index (χ0v) is 13.4. The lowest BCUT2D eigenvalue weighted by Crippen LogP contribution is -2.61. The van der Waals surface area contributed by atoms with Gasteiger partial charge in [-0.1, -0.05) is 24.1 Å². The van der Waals surface area contributed by atoms with Crippen molar-refractivity contribution in [3.05, 3.63) is 60.2 Å². The number of pyridine rings is 2. The number of nitrogens with zero attached hydrogens (tertiary/aromatic N) is 3. The third-order valence-corrected chi connectivity index (χ3v) is 5.24. The molecular formula is C16H15N5O2S. The number of aromatic nitrogens is 2. The standard InChI is InChI=1S/C16H15N5O2S/c22-15-14-13(12(20-24-14)11-6-2-4-8-18-11)19-16(23)21(15)9-10-5-1-3-7-17-10/h1-8,12-14,20H,9H2,(H,19,23). The van der Waals surface area contributed by atoms with Crippen LogP contribution in [0.4, 0.5) is 4.79 Å². The number of imide groups is 1. The predicted octanol–water partition coefficient (Wildman–Crippen LogP) is 1.26. The molecule has 4 heterocycles. The van der Waals surface area contributed by atoms with Crippen molar-refractivity contribution >= 4 is 23.9 Å². The number of carbonyl (C=O) groups excluding carboxylic acids is 2. The van der Waals surface area contributed by atoms with Gasteiger partial charge < -0.3 is 5.32 Å². The second-order valence-corrected chi connectivity index (χ2v) is 6.59. The Morgan fingerprint density at radius 3 is 2.58 bits per heavy atom. The van der Waals surface area contributed by atoms with Crippen molar-refractivity contribution in [1.29, 1.82) is 0 Å². The molecule has 24 heavy (non-hydrogen) atoms. The summed E-state index contributed by atoms with van der Waals surface area (Å²) in [7, 11) is 0. The summed E-state index contributed by atoms with van der Waals surface area (Å²) in [6.45, 7) is 0.170. The van der Waals surface area contributed by atoms with E-state index in [1.165, 1.54) is 16.8 Å². The average Bonchev–Trinajstić information content (AvgIpc) is 3.04. The minimum absolute atomic E-state index is 0.170. The first-order chi connectivity index (χ1) is 11.7. The van der Waals surface area contributed by atoms with E-state index >= 15 is 0 Å². The van der Waals surface area contributed by atoms with Crippen LogP contribution in [0, 0.1) is 0 Å². The van der Waals surface area contributed by atoms with E-state index in [0.717, 1.165) is 5.69 Å². The largest absolute Gasteiger partial charge is 0.331 e. The highest BCUT2D eigenvalue weighted by atomic mass is 32.2. The highest BCUT2D eigenvalue weighted by Crippen LogP contribution is 2.36. The molecule has 2 aromatic heterocycles. The molecule has 8 heteroatoms. The van der Waals surface area contributed by atoms with E-state index in [1.54, 1.807) is 24.5 Å². The van der Waals surface area contributed by atoms with Gasteiger partial charge in [0.15, 0.2) is 0 Å². The Balaban J connectivity index is 1.55. The zero-order valence-electron chi connectivity index (χ0n) is 12.6. The average molecular weight is 341 g/mol. The molecule has 2 N–H and O–H groups in total. The van der Waals surface area contributed by atoms with E-state index in [9.17, 15) is 9.59 Å². The monoisotopic (exact) mass is 341 g/mol. The Labute approximate surface area is 143 Å². The molecule has 0 aromatic carbocycles. The summed E-state index contributed by atoms with van der Waals surface area (Å²) in [5.41, 5.74) is 1.49. The van der Waals surface area contributed by atoms with Gasteiger partial charge in [-0.05, 0) is 24.3 Å². The summed E-state index contributed by atoms with van der Waals surface area (Å²) < 4.78 is 3.23. The summed E-state index contributed by atoms with van der Waals surface area (Å²) in [6.07, 6.45) is 3.35. The van der Waals surface area contributed by atoms with Gasteiger partial charge in [-0.15, -0.1) is 0 Å². The summed E-state index contributed by atoms with van der Waals surface area (Å²) in [5, 5.41) is 2.57. The van der Waals surface area contributed by atoms with Gasteiger partial charge in [-0.25, -0.2) is 4.79 Å². The first kappa shape index (κ1) is 15.1. The molecule has 0 bridgehead atoms. The van der Waals surface area contributed by atoms with Crippen LogP contribution in [0.1, 0.15) is 17.4 Å². The molecule has 2 aliphatic heterocycles. The molecule has 2 aromatic rings. The lowest BCUT2D eigenvalue weighted by molar-refractivity contribution is -0.130. The Morgan fingerprint density at radius 2 is 1.88 bits per heavy atom. The van der Waals surface area contributed by atoms with E-state index in [2.05, 4.69) is 20.0 Å². The normalized spacial score (nSPS) is 26.2. The van der Waals surface area contributed by atoms with E-state index in [4.69, 9.17) is 0 Å². The SMILES string of the molecule is O=C1NC2C(SNC2c2ccccn2)C(=O)N1Cc1ccccn1. The van der Waals surface area contributed by atoms with Crippen LogP contribution >= 0.6 is 11.9 Å². The molecule has 3 atom stereocenters. The zero-order chi connectivity index (χ0) is 16.5. The van der Waals surface area contributed by atoms with Crippen LogP contribution in [0.3, 0.4) is 0 Å². The van der Waals surface area contributed by atoms with E-state index in [-0.39, 0.29) is 29.8 Å². The highest BCUT2D eigenvalue weighted by molar-refractivity contribution is 7.99. The number of hydrogen-bond acceptors (Lipinski definition) is 6. The molecule has 2 saturated heterocycles.